The average molecular weight is 169 g/mol. The maximum Gasteiger partial charge on any atom is 0.219 e. The number of rotatable bonds is 4. The molecular formula is C6H11N5O. The number of nitrogens with two attached hydrogens (primary N) is 2. The molecule has 0 fully saturated rings. The van der Waals surface area contributed by atoms with Crippen LogP contribution in [0.25, 0.3) is 0 Å². The molecule has 4 N–H and O–H groups in total. The first-order chi connectivity index (χ1) is 5.72. The van der Waals surface area contributed by atoms with Crippen molar-refractivity contribution in [3.63, 3.8) is 0 Å². The van der Waals surface area contributed by atoms with Crippen molar-refractivity contribution in [3.05, 3.63) is 12.2 Å². The van der Waals surface area contributed by atoms with Crippen molar-refractivity contribution >= 4 is 5.91 Å². The molecule has 1 amide bonds. The topological polar surface area (TPSA) is 99.8 Å². The maximum absolute atomic E-state index is 10.4. The lowest BCUT2D eigenvalue weighted by atomic mass is 10.4. The van der Waals surface area contributed by atoms with Crippen molar-refractivity contribution in [1.29, 1.82) is 0 Å². The lowest BCUT2D eigenvalue weighted by Crippen LogP contribution is -2.14. The summed E-state index contributed by atoms with van der Waals surface area (Å²) in [6, 6.07) is 0. The number of carbonyl (C=O) groups is 1. The molecule has 0 aromatic carbocycles. The molecule has 12 heavy (non-hydrogen) atoms. The third-order valence-corrected chi connectivity index (χ3v) is 1.35. The molecule has 66 valence electrons. The normalized spacial score (nSPS) is 10.1. The molecule has 0 saturated carbocycles. The molecule has 0 aliphatic carbocycles. The number of hydrogen-bond donors (Lipinski definition) is 2. The van der Waals surface area contributed by atoms with Crippen LogP contribution in [0.15, 0.2) is 6.33 Å². The zero-order chi connectivity index (χ0) is 8.97. The molecule has 1 heterocycles. The number of aryl methyl sites for hydroxylation is 1. The quantitative estimate of drug-likeness (QED) is 0.579. The first-order valence-corrected chi connectivity index (χ1v) is 3.59. The first kappa shape index (κ1) is 8.66. The molecule has 0 radical (unpaired) electrons. The van der Waals surface area contributed by atoms with Gasteiger partial charge in [0.25, 0.3) is 0 Å². The SMILES string of the molecule is NCc1ncn(CCC(N)=O)n1. The number of aromatic nitrogens is 3. The van der Waals surface area contributed by atoms with Crippen molar-refractivity contribution in [2.75, 3.05) is 0 Å². The standard InChI is InChI=1S/C6H11N5O/c7-3-6-9-4-11(10-6)2-1-5(8)12/h4H,1-3,7H2,(H2,8,12). The van der Waals surface area contributed by atoms with E-state index in [0.717, 1.165) is 0 Å². The summed E-state index contributed by atoms with van der Waals surface area (Å²) in [6.07, 6.45) is 1.80. The molecule has 0 spiro atoms. The van der Waals surface area contributed by atoms with E-state index < -0.39 is 0 Å². The molecule has 6 heteroatoms. The Labute approximate surface area is 69.6 Å². The number of hydrogen-bond acceptors (Lipinski definition) is 4. The van der Waals surface area contributed by atoms with Gasteiger partial charge < -0.3 is 11.5 Å². The fraction of sp³-hybridized carbons (Fsp3) is 0.500. The van der Waals surface area contributed by atoms with Crippen molar-refractivity contribution < 1.29 is 4.79 Å². The lowest BCUT2D eigenvalue weighted by Gasteiger charge is -1.95. The zero-order valence-electron chi connectivity index (χ0n) is 6.60. The van der Waals surface area contributed by atoms with Gasteiger partial charge in [0, 0.05) is 6.42 Å². The van der Waals surface area contributed by atoms with E-state index in [2.05, 4.69) is 10.1 Å². The van der Waals surface area contributed by atoms with Gasteiger partial charge in [-0.25, -0.2) is 4.98 Å². The minimum absolute atomic E-state index is 0.271. The van der Waals surface area contributed by atoms with E-state index >= 15 is 0 Å². The van der Waals surface area contributed by atoms with E-state index in [1.54, 1.807) is 4.68 Å². The van der Waals surface area contributed by atoms with Gasteiger partial charge in [-0.15, -0.1) is 0 Å². The number of carbonyl (C=O) groups excluding carboxylic acids is 1. The molecule has 1 aromatic rings. The highest BCUT2D eigenvalue weighted by Gasteiger charge is 1.99. The number of amides is 1. The molecular weight excluding hydrogens is 158 g/mol. The van der Waals surface area contributed by atoms with Crippen LogP contribution in [0, 0.1) is 0 Å². The van der Waals surface area contributed by atoms with Crippen LogP contribution < -0.4 is 11.5 Å². The van der Waals surface area contributed by atoms with E-state index in [-0.39, 0.29) is 12.3 Å². The second kappa shape index (κ2) is 3.82. The summed E-state index contributed by atoms with van der Waals surface area (Å²) in [7, 11) is 0. The highest BCUT2D eigenvalue weighted by atomic mass is 16.1. The summed E-state index contributed by atoms with van der Waals surface area (Å²) in [5.41, 5.74) is 10.2. The monoisotopic (exact) mass is 169 g/mol. The van der Waals surface area contributed by atoms with Crippen LogP contribution >= 0.6 is 0 Å². The lowest BCUT2D eigenvalue weighted by molar-refractivity contribution is -0.118. The smallest absolute Gasteiger partial charge is 0.219 e. The molecule has 1 aromatic heterocycles. The minimum Gasteiger partial charge on any atom is -0.370 e. The molecule has 0 atom stereocenters. The largest absolute Gasteiger partial charge is 0.370 e. The van der Waals surface area contributed by atoms with E-state index in [0.29, 0.717) is 18.9 Å². The van der Waals surface area contributed by atoms with Crippen molar-refractivity contribution in [3.8, 4) is 0 Å². The van der Waals surface area contributed by atoms with Crippen LogP contribution in [-0.4, -0.2) is 20.7 Å². The predicted octanol–water partition coefficient (Wildman–Crippen LogP) is -1.39. The maximum atomic E-state index is 10.4. The second-order valence-electron chi connectivity index (χ2n) is 2.34. The fourth-order valence-corrected chi connectivity index (χ4v) is 0.759. The van der Waals surface area contributed by atoms with E-state index in [1.165, 1.54) is 6.33 Å². The molecule has 0 aliphatic rings. The summed E-state index contributed by atoms with van der Waals surface area (Å²) in [4.78, 5) is 14.3. The molecule has 0 saturated heterocycles. The molecule has 6 nitrogen and oxygen atoms in total. The summed E-state index contributed by atoms with van der Waals surface area (Å²) in [5, 5.41) is 3.97. The number of primary amides is 1. The molecule has 1 rings (SSSR count). The summed E-state index contributed by atoms with van der Waals surface area (Å²) in [6.45, 7) is 0.770. The van der Waals surface area contributed by atoms with Gasteiger partial charge in [0.2, 0.25) is 5.91 Å². The van der Waals surface area contributed by atoms with E-state index in [1.807, 2.05) is 0 Å². The molecule has 0 aliphatic heterocycles. The highest BCUT2D eigenvalue weighted by Crippen LogP contribution is 1.90. The van der Waals surface area contributed by atoms with Gasteiger partial charge in [-0.2, -0.15) is 5.10 Å². The first-order valence-electron chi connectivity index (χ1n) is 3.59. The third kappa shape index (κ3) is 2.31. The number of nitrogens with zero attached hydrogens (tertiary/aromatic N) is 3. The fourth-order valence-electron chi connectivity index (χ4n) is 0.759. The summed E-state index contributed by atoms with van der Waals surface area (Å²) in [5.74, 6) is 0.222. The van der Waals surface area contributed by atoms with Gasteiger partial charge in [-0.1, -0.05) is 0 Å². The average Bonchev–Trinajstić information content (AvgIpc) is 2.48. The zero-order valence-corrected chi connectivity index (χ0v) is 6.60. The molecule has 0 unspecified atom stereocenters. The minimum atomic E-state index is -0.347. The second-order valence-corrected chi connectivity index (χ2v) is 2.34. The summed E-state index contributed by atoms with van der Waals surface area (Å²) < 4.78 is 1.55. The predicted molar refractivity (Wildman–Crippen MR) is 41.7 cm³/mol. The van der Waals surface area contributed by atoms with Gasteiger partial charge in [0.1, 0.15) is 6.33 Å². The Morgan fingerprint density at radius 1 is 1.67 bits per heavy atom. The summed E-state index contributed by atoms with van der Waals surface area (Å²) >= 11 is 0. The van der Waals surface area contributed by atoms with Crippen molar-refractivity contribution in [2.45, 2.75) is 19.5 Å². The van der Waals surface area contributed by atoms with E-state index in [4.69, 9.17) is 11.5 Å². The van der Waals surface area contributed by atoms with Gasteiger partial charge in [-0.05, 0) is 0 Å². The van der Waals surface area contributed by atoms with Crippen LogP contribution in [0.5, 0.6) is 0 Å². The Balaban J connectivity index is 2.47. The molecule has 0 bridgehead atoms. The van der Waals surface area contributed by atoms with Gasteiger partial charge >= 0.3 is 0 Å². The van der Waals surface area contributed by atoms with Crippen molar-refractivity contribution in [1.82, 2.24) is 14.8 Å². The van der Waals surface area contributed by atoms with Crippen LogP contribution in [0.2, 0.25) is 0 Å². The van der Waals surface area contributed by atoms with Crippen molar-refractivity contribution in [2.24, 2.45) is 11.5 Å². The highest BCUT2D eigenvalue weighted by molar-refractivity contribution is 5.73. The van der Waals surface area contributed by atoms with Gasteiger partial charge in [0.15, 0.2) is 5.82 Å². The Hall–Kier alpha value is -1.43. The van der Waals surface area contributed by atoms with E-state index in [9.17, 15) is 4.79 Å². The van der Waals surface area contributed by atoms with Crippen LogP contribution in [0.1, 0.15) is 12.2 Å². The van der Waals surface area contributed by atoms with Gasteiger partial charge in [-0.3, -0.25) is 9.48 Å². The Morgan fingerprint density at radius 3 is 2.92 bits per heavy atom. The Kier molecular flexibility index (Phi) is 2.76. The van der Waals surface area contributed by atoms with Crippen LogP contribution in [-0.2, 0) is 17.9 Å². The van der Waals surface area contributed by atoms with Crippen LogP contribution in [0.4, 0.5) is 0 Å². The third-order valence-electron chi connectivity index (χ3n) is 1.35. The van der Waals surface area contributed by atoms with Crippen LogP contribution in [0.3, 0.4) is 0 Å². The Bertz CT molecular complexity index is 269. The van der Waals surface area contributed by atoms with Gasteiger partial charge in [0.05, 0.1) is 13.1 Å². The Morgan fingerprint density at radius 2 is 2.42 bits per heavy atom.